The maximum absolute atomic E-state index is 13.7. The lowest BCUT2D eigenvalue weighted by Gasteiger charge is -2.17. The molecule has 0 amide bonds. The fourth-order valence-corrected chi connectivity index (χ4v) is 5.24. The van der Waals surface area contributed by atoms with Crippen molar-refractivity contribution in [2.24, 2.45) is 7.05 Å². The Morgan fingerprint density at radius 2 is 2.16 bits per heavy atom. The molecule has 10 heteroatoms. The molecule has 0 spiro atoms. The van der Waals surface area contributed by atoms with Crippen molar-refractivity contribution in [1.82, 2.24) is 14.3 Å². The predicted molar refractivity (Wildman–Crippen MR) is 118 cm³/mol. The second-order valence-corrected chi connectivity index (χ2v) is 9.24. The number of rotatable bonds is 5. The van der Waals surface area contributed by atoms with E-state index in [2.05, 4.69) is 15.0 Å². The Morgan fingerprint density at radius 1 is 1.41 bits per heavy atom. The minimum absolute atomic E-state index is 0.132. The minimum atomic E-state index is -3.36. The van der Waals surface area contributed by atoms with E-state index in [0.29, 0.717) is 17.7 Å². The summed E-state index contributed by atoms with van der Waals surface area (Å²) in [5.41, 5.74) is 1.87. The predicted octanol–water partition coefficient (Wildman–Crippen LogP) is 3.08. The van der Waals surface area contributed by atoms with Crippen LogP contribution in [-0.2, 0) is 23.4 Å². The highest BCUT2D eigenvalue weighted by Gasteiger charge is 2.28. The topological polar surface area (TPSA) is 127 Å². The molecule has 3 atom stereocenters. The summed E-state index contributed by atoms with van der Waals surface area (Å²) in [7, 11) is -1.70. The first kappa shape index (κ1) is 21.7. The number of fused-ring (bicyclic) bond motifs is 1. The summed E-state index contributed by atoms with van der Waals surface area (Å²) in [5.74, 6) is -0.855. The first-order valence-corrected chi connectivity index (χ1v) is 11.3. The van der Waals surface area contributed by atoms with Crippen LogP contribution in [0.3, 0.4) is 0 Å². The number of nitriles is 1. The highest BCUT2D eigenvalue weighted by Crippen LogP contribution is 2.31. The number of benzene rings is 1. The SMILES string of the molecule is Cn1cc2c(c1C(O)Nc1cc(F)nc(C#N)c1)C=C[C@H](Cc1ccccc1)NS2(=N)=O. The number of hydrogen-bond donors (Lipinski definition) is 4. The van der Waals surface area contributed by atoms with Gasteiger partial charge in [0, 0.05) is 36.6 Å². The fourth-order valence-electron chi connectivity index (χ4n) is 3.74. The number of nitrogens with zero attached hydrogens (tertiary/aromatic N) is 3. The van der Waals surface area contributed by atoms with Gasteiger partial charge in [0.15, 0.2) is 6.23 Å². The summed E-state index contributed by atoms with van der Waals surface area (Å²) in [6, 6.07) is 13.5. The molecule has 1 aliphatic rings. The standard InChI is InChI=1S/C22H21FN6O2S/c1-29-13-19-18(21(29)22(30)27-16-10-17(12-24)26-20(23)11-16)8-7-15(28-32(19,25)31)9-14-5-3-2-4-6-14/h2-8,10-11,13,15,22,30H,9H2,1H3,(H,26,27)(H2,25,28,31)/t15-,22?,32?/m1/s1. The summed E-state index contributed by atoms with van der Waals surface area (Å²) < 4.78 is 39.8. The molecule has 2 unspecified atom stereocenters. The maximum atomic E-state index is 13.7. The Morgan fingerprint density at radius 3 is 2.88 bits per heavy atom. The third kappa shape index (κ3) is 4.40. The molecular weight excluding hydrogens is 431 g/mol. The number of pyridine rings is 1. The Kier molecular flexibility index (Phi) is 5.80. The lowest BCUT2D eigenvalue weighted by molar-refractivity contribution is 0.199. The van der Waals surface area contributed by atoms with E-state index in [1.807, 2.05) is 36.4 Å². The summed E-state index contributed by atoms with van der Waals surface area (Å²) in [6.45, 7) is 0. The van der Waals surface area contributed by atoms with Gasteiger partial charge in [-0.2, -0.15) is 9.65 Å². The normalized spacial score (nSPS) is 20.8. The second kappa shape index (κ2) is 8.55. The maximum Gasteiger partial charge on any atom is 0.216 e. The quantitative estimate of drug-likeness (QED) is 0.350. The molecule has 4 N–H and O–H groups in total. The monoisotopic (exact) mass is 452 g/mol. The number of halogens is 1. The van der Waals surface area contributed by atoms with E-state index in [-0.39, 0.29) is 22.3 Å². The molecular formula is C22H21FN6O2S. The number of anilines is 1. The van der Waals surface area contributed by atoms with Crippen molar-refractivity contribution in [3.63, 3.8) is 0 Å². The largest absolute Gasteiger partial charge is 0.368 e. The van der Waals surface area contributed by atoms with Gasteiger partial charge >= 0.3 is 0 Å². The zero-order chi connectivity index (χ0) is 22.9. The van der Waals surface area contributed by atoms with Crippen LogP contribution in [0.15, 0.2) is 59.6 Å². The van der Waals surface area contributed by atoms with Gasteiger partial charge in [0.2, 0.25) is 5.95 Å². The Hall–Kier alpha value is -3.52. The molecule has 0 fully saturated rings. The highest BCUT2D eigenvalue weighted by atomic mass is 32.2. The molecule has 32 heavy (non-hydrogen) atoms. The average Bonchev–Trinajstić information content (AvgIpc) is 3.03. The van der Waals surface area contributed by atoms with E-state index in [4.69, 9.17) is 10.0 Å². The second-order valence-electron chi connectivity index (χ2n) is 7.46. The Balaban J connectivity index is 1.67. The molecule has 3 heterocycles. The van der Waals surface area contributed by atoms with E-state index in [9.17, 15) is 13.7 Å². The molecule has 2 aromatic heterocycles. The molecule has 4 rings (SSSR count). The van der Waals surface area contributed by atoms with Gasteiger partial charge in [-0.3, -0.25) is 0 Å². The molecule has 164 valence electrons. The van der Waals surface area contributed by atoms with E-state index >= 15 is 0 Å². The van der Waals surface area contributed by atoms with E-state index in [0.717, 1.165) is 11.6 Å². The van der Waals surface area contributed by atoms with Crippen LogP contribution >= 0.6 is 0 Å². The molecule has 1 aromatic carbocycles. The fraction of sp³-hybridized carbons (Fsp3) is 0.182. The Labute approximate surface area is 185 Å². The zero-order valence-corrected chi connectivity index (χ0v) is 17.9. The first-order valence-electron chi connectivity index (χ1n) is 9.76. The molecule has 8 nitrogen and oxygen atoms in total. The van der Waals surface area contributed by atoms with Crippen molar-refractivity contribution in [3.05, 3.63) is 83.2 Å². The molecule has 0 radical (unpaired) electrons. The Bertz CT molecular complexity index is 1330. The summed E-state index contributed by atoms with van der Waals surface area (Å²) in [6.07, 6.45) is 4.34. The van der Waals surface area contributed by atoms with Crippen LogP contribution in [-0.4, -0.2) is 24.9 Å². The van der Waals surface area contributed by atoms with Gasteiger partial charge in [0.1, 0.15) is 21.7 Å². The van der Waals surface area contributed by atoms with Crippen molar-refractivity contribution < 1.29 is 13.7 Å². The molecule has 3 aromatic rings. The van der Waals surface area contributed by atoms with Crippen LogP contribution in [0.1, 0.15) is 28.7 Å². The smallest absolute Gasteiger partial charge is 0.216 e. The van der Waals surface area contributed by atoms with Gasteiger partial charge in [-0.25, -0.2) is 18.7 Å². The van der Waals surface area contributed by atoms with Crippen LogP contribution in [0.25, 0.3) is 6.08 Å². The van der Waals surface area contributed by atoms with Gasteiger partial charge in [0.05, 0.1) is 10.6 Å². The molecule has 1 aliphatic heterocycles. The summed E-state index contributed by atoms with van der Waals surface area (Å²) in [5, 5.41) is 22.6. The van der Waals surface area contributed by atoms with Crippen molar-refractivity contribution in [2.75, 3.05) is 5.32 Å². The third-order valence-corrected chi connectivity index (χ3v) is 6.70. The lowest BCUT2D eigenvalue weighted by Crippen LogP contribution is -2.33. The van der Waals surface area contributed by atoms with Crippen LogP contribution in [0.2, 0.25) is 0 Å². The van der Waals surface area contributed by atoms with Gasteiger partial charge in [0.25, 0.3) is 0 Å². The van der Waals surface area contributed by atoms with Crippen molar-refractivity contribution in [2.45, 2.75) is 23.6 Å². The molecule has 0 saturated heterocycles. The van der Waals surface area contributed by atoms with Crippen molar-refractivity contribution >= 4 is 21.7 Å². The minimum Gasteiger partial charge on any atom is -0.368 e. The first-order chi connectivity index (χ1) is 15.3. The molecule has 0 bridgehead atoms. The third-order valence-electron chi connectivity index (χ3n) is 5.12. The van der Waals surface area contributed by atoms with E-state index < -0.39 is 22.1 Å². The van der Waals surface area contributed by atoms with Crippen molar-refractivity contribution in [3.8, 4) is 6.07 Å². The van der Waals surface area contributed by atoms with E-state index in [1.54, 1.807) is 30.0 Å². The number of aromatic nitrogens is 2. The van der Waals surface area contributed by atoms with Gasteiger partial charge in [-0.15, -0.1) is 0 Å². The van der Waals surface area contributed by atoms with Gasteiger partial charge < -0.3 is 15.0 Å². The summed E-state index contributed by atoms with van der Waals surface area (Å²) >= 11 is 0. The number of nitrogens with one attached hydrogen (secondary N) is 3. The number of hydrogen-bond acceptors (Lipinski definition) is 6. The van der Waals surface area contributed by atoms with Crippen molar-refractivity contribution in [1.29, 1.82) is 10.0 Å². The van der Waals surface area contributed by atoms with Gasteiger partial charge in [-0.05, 0) is 18.1 Å². The van der Waals surface area contributed by atoms with Crippen LogP contribution < -0.4 is 10.0 Å². The molecule has 0 saturated carbocycles. The molecule has 0 aliphatic carbocycles. The number of aryl methyl sites for hydroxylation is 1. The van der Waals surface area contributed by atoms with Crippen LogP contribution in [0.4, 0.5) is 10.1 Å². The van der Waals surface area contributed by atoms with Crippen LogP contribution in [0, 0.1) is 22.1 Å². The highest BCUT2D eigenvalue weighted by molar-refractivity contribution is 7.90. The number of aliphatic hydroxyl groups excluding tert-OH is 1. The van der Waals surface area contributed by atoms with Gasteiger partial charge in [-0.1, -0.05) is 42.5 Å². The zero-order valence-electron chi connectivity index (χ0n) is 17.1. The lowest BCUT2D eigenvalue weighted by atomic mass is 10.1. The number of aliphatic hydroxyl groups is 1. The summed E-state index contributed by atoms with van der Waals surface area (Å²) in [4.78, 5) is 3.70. The van der Waals surface area contributed by atoms with E-state index in [1.165, 1.54) is 6.07 Å². The average molecular weight is 453 g/mol. The van der Waals surface area contributed by atoms with Crippen LogP contribution in [0.5, 0.6) is 0 Å².